The molecular weight excluding hydrogens is 315 g/mol. The van der Waals surface area contributed by atoms with Crippen LogP contribution in [0.3, 0.4) is 0 Å². The molecule has 0 saturated heterocycles. The van der Waals surface area contributed by atoms with Crippen LogP contribution in [0, 0.1) is 5.82 Å². The lowest BCUT2D eigenvalue weighted by Crippen LogP contribution is -2.14. The highest BCUT2D eigenvalue weighted by atomic mass is 79.9. The second-order valence-electron chi connectivity index (χ2n) is 3.90. The van der Waals surface area contributed by atoms with Gasteiger partial charge in [0.1, 0.15) is 5.82 Å². The van der Waals surface area contributed by atoms with Gasteiger partial charge in [-0.1, -0.05) is 6.92 Å². The second kappa shape index (κ2) is 5.40. The summed E-state index contributed by atoms with van der Waals surface area (Å²) < 4.78 is 13.4. The molecule has 1 aromatic heterocycles. The molecule has 5 nitrogen and oxygen atoms in total. The zero-order valence-corrected chi connectivity index (χ0v) is 11.7. The van der Waals surface area contributed by atoms with E-state index < -0.39 is 11.7 Å². The van der Waals surface area contributed by atoms with Crippen LogP contribution < -0.4 is 11.1 Å². The number of nitrogens with one attached hydrogen (secondary N) is 2. The first-order valence-corrected chi connectivity index (χ1v) is 6.41. The lowest BCUT2D eigenvalue weighted by atomic mass is 10.2. The highest BCUT2D eigenvalue weighted by Gasteiger charge is 2.17. The number of nitrogens with two attached hydrogens (primary N) is 1. The molecule has 7 heteroatoms. The molecule has 0 fully saturated rings. The Kier molecular flexibility index (Phi) is 3.84. The first-order chi connectivity index (χ1) is 9.02. The van der Waals surface area contributed by atoms with Crippen LogP contribution in [0.15, 0.2) is 22.7 Å². The van der Waals surface area contributed by atoms with Crippen LogP contribution in [-0.4, -0.2) is 16.1 Å². The van der Waals surface area contributed by atoms with Crippen LogP contribution in [0.1, 0.15) is 23.1 Å². The van der Waals surface area contributed by atoms with E-state index in [9.17, 15) is 9.18 Å². The number of aromatic nitrogens is 2. The SMILES string of the molecule is CCc1[nH]nc(C(=O)Nc2ccc(F)cc2Br)c1N. The van der Waals surface area contributed by atoms with E-state index in [0.717, 1.165) is 0 Å². The number of H-pyrrole nitrogens is 1. The molecule has 2 aromatic rings. The van der Waals surface area contributed by atoms with Gasteiger partial charge in [-0.15, -0.1) is 0 Å². The van der Waals surface area contributed by atoms with Crippen LogP contribution in [-0.2, 0) is 6.42 Å². The van der Waals surface area contributed by atoms with Gasteiger partial charge in [-0.2, -0.15) is 5.10 Å². The molecule has 0 atom stereocenters. The van der Waals surface area contributed by atoms with Gasteiger partial charge < -0.3 is 11.1 Å². The summed E-state index contributed by atoms with van der Waals surface area (Å²) in [5, 5.41) is 9.20. The number of amides is 1. The number of halogens is 2. The van der Waals surface area contributed by atoms with Gasteiger partial charge in [0.2, 0.25) is 0 Å². The molecule has 19 heavy (non-hydrogen) atoms. The Morgan fingerprint density at radius 2 is 2.32 bits per heavy atom. The van der Waals surface area contributed by atoms with E-state index in [4.69, 9.17) is 5.73 Å². The summed E-state index contributed by atoms with van der Waals surface area (Å²) >= 11 is 3.17. The van der Waals surface area contributed by atoms with Crippen molar-refractivity contribution >= 4 is 33.2 Å². The minimum absolute atomic E-state index is 0.132. The van der Waals surface area contributed by atoms with Crippen molar-refractivity contribution in [3.8, 4) is 0 Å². The van der Waals surface area contributed by atoms with Crippen molar-refractivity contribution in [3.63, 3.8) is 0 Å². The predicted molar refractivity (Wildman–Crippen MR) is 74.4 cm³/mol. The number of anilines is 2. The molecule has 2 rings (SSSR count). The predicted octanol–water partition coefficient (Wildman–Crippen LogP) is 2.71. The normalized spacial score (nSPS) is 10.5. The molecule has 4 N–H and O–H groups in total. The van der Waals surface area contributed by atoms with Gasteiger partial charge in [-0.25, -0.2) is 4.39 Å². The Bertz CT molecular complexity index is 626. The van der Waals surface area contributed by atoms with Gasteiger partial charge in [0.25, 0.3) is 5.91 Å². The zero-order valence-electron chi connectivity index (χ0n) is 10.1. The van der Waals surface area contributed by atoms with E-state index in [1.807, 2.05) is 6.92 Å². The summed E-state index contributed by atoms with van der Waals surface area (Å²) in [7, 11) is 0. The molecule has 0 spiro atoms. The third kappa shape index (κ3) is 2.76. The van der Waals surface area contributed by atoms with E-state index in [-0.39, 0.29) is 5.69 Å². The molecule has 0 bridgehead atoms. The summed E-state index contributed by atoms with van der Waals surface area (Å²) in [6.07, 6.45) is 0.659. The zero-order chi connectivity index (χ0) is 14.0. The number of nitrogens with zero attached hydrogens (tertiary/aromatic N) is 1. The molecule has 0 unspecified atom stereocenters. The minimum Gasteiger partial charge on any atom is -0.395 e. The van der Waals surface area contributed by atoms with E-state index in [1.54, 1.807) is 0 Å². The quantitative estimate of drug-likeness (QED) is 0.810. The number of carbonyl (C=O) groups is 1. The summed E-state index contributed by atoms with van der Waals surface area (Å²) in [5.41, 5.74) is 7.43. The van der Waals surface area contributed by atoms with Gasteiger partial charge in [-0.05, 0) is 40.5 Å². The third-order valence-corrected chi connectivity index (χ3v) is 3.29. The molecule has 1 aromatic carbocycles. The molecule has 0 aliphatic heterocycles. The van der Waals surface area contributed by atoms with Gasteiger partial charge in [0.15, 0.2) is 5.69 Å². The number of hydrogen-bond acceptors (Lipinski definition) is 3. The number of nitrogen functional groups attached to an aromatic ring is 1. The number of hydrogen-bond donors (Lipinski definition) is 3. The number of aryl methyl sites for hydroxylation is 1. The fourth-order valence-corrected chi connectivity index (χ4v) is 2.05. The summed E-state index contributed by atoms with van der Waals surface area (Å²) in [4.78, 5) is 12.0. The number of benzene rings is 1. The van der Waals surface area contributed by atoms with Gasteiger partial charge >= 0.3 is 0 Å². The first kappa shape index (κ1) is 13.5. The summed E-state index contributed by atoms with van der Waals surface area (Å²) in [6, 6.07) is 3.98. The molecule has 1 amide bonds. The molecule has 100 valence electrons. The third-order valence-electron chi connectivity index (χ3n) is 2.63. The Hall–Kier alpha value is -1.89. The highest BCUT2D eigenvalue weighted by Crippen LogP contribution is 2.24. The average Bonchev–Trinajstić information content (AvgIpc) is 2.74. The van der Waals surface area contributed by atoms with E-state index >= 15 is 0 Å². The van der Waals surface area contributed by atoms with Crippen molar-refractivity contribution in [3.05, 3.63) is 39.9 Å². The lowest BCUT2D eigenvalue weighted by molar-refractivity contribution is 0.102. The van der Waals surface area contributed by atoms with Gasteiger partial charge in [0.05, 0.1) is 17.1 Å². The van der Waals surface area contributed by atoms with Crippen molar-refractivity contribution in [2.45, 2.75) is 13.3 Å². The van der Waals surface area contributed by atoms with Crippen LogP contribution in [0.5, 0.6) is 0 Å². The fourth-order valence-electron chi connectivity index (χ4n) is 1.60. The number of carbonyl (C=O) groups excluding carboxylic acids is 1. The van der Waals surface area contributed by atoms with E-state index in [1.165, 1.54) is 18.2 Å². The lowest BCUT2D eigenvalue weighted by Gasteiger charge is -2.06. The first-order valence-electron chi connectivity index (χ1n) is 5.62. The Morgan fingerprint density at radius 1 is 1.58 bits per heavy atom. The monoisotopic (exact) mass is 326 g/mol. The van der Waals surface area contributed by atoms with Gasteiger partial charge in [-0.3, -0.25) is 9.89 Å². The molecule has 0 aliphatic rings. The molecule has 1 heterocycles. The average molecular weight is 327 g/mol. The smallest absolute Gasteiger partial charge is 0.278 e. The van der Waals surface area contributed by atoms with Crippen LogP contribution in [0.2, 0.25) is 0 Å². The van der Waals surface area contributed by atoms with Crippen molar-refractivity contribution < 1.29 is 9.18 Å². The number of aromatic amines is 1. The Morgan fingerprint density at radius 3 is 2.89 bits per heavy atom. The molecular formula is C12H12BrFN4O. The topological polar surface area (TPSA) is 83.8 Å². The van der Waals surface area contributed by atoms with Crippen molar-refractivity contribution in [1.82, 2.24) is 10.2 Å². The largest absolute Gasteiger partial charge is 0.395 e. The molecule has 0 saturated carbocycles. The van der Waals surface area contributed by atoms with Crippen LogP contribution in [0.25, 0.3) is 0 Å². The van der Waals surface area contributed by atoms with E-state index in [2.05, 4.69) is 31.4 Å². The van der Waals surface area contributed by atoms with Crippen LogP contribution in [0.4, 0.5) is 15.8 Å². The highest BCUT2D eigenvalue weighted by molar-refractivity contribution is 9.10. The maximum Gasteiger partial charge on any atom is 0.278 e. The Balaban J connectivity index is 2.23. The molecule has 0 aliphatic carbocycles. The minimum atomic E-state index is -0.444. The van der Waals surface area contributed by atoms with Gasteiger partial charge in [0, 0.05) is 4.47 Å². The van der Waals surface area contributed by atoms with E-state index in [0.29, 0.717) is 28.0 Å². The second-order valence-corrected chi connectivity index (χ2v) is 4.75. The van der Waals surface area contributed by atoms with Crippen molar-refractivity contribution in [1.29, 1.82) is 0 Å². The Labute approximate surface area is 117 Å². The summed E-state index contributed by atoms with van der Waals surface area (Å²) in [6.45, 7) is 1.90. The summed E-state index contributed by atoms with van der Waals surface area (Å²) in [5.74, 6) is -0.835. The maximum absolute atomic E-state index is 12.9. The van der Waals surface area contributed by atoms with Crippen molar-refractivity contribution in [2.24, 2.45) is 0 Å². The fraction of sp³-hybridized carbons (Fsp3) is 0.167. The number of rotatable bonds is 3. The van der Waals surface area contributed by atoms with Crippen LogP contribution >= 0.6 is 15.9 Å². The maximum atomic E-state index is 12.9. The standard InChI is InChI=1S/C12H12BrFN4O/c1-2-8-10(15)11(18-17-8)12(19)16-9-4-3-6(14)5-7(9)13/h3-5H,2,15H2,1H3,(H,16,19)(H,17,18). The van der Waals surface area contributed by atoms with Crippen molar-refractivity contribution in [2.75, 3.05) is 11.1 Å². The molecule has 0 radical (unpaired) electrons.